The summed E-state index contributed by atoms with van der Waals surface area (Å²) in [7, 11) is 0. The molecule has 6 heteroatoms. The largest absolute Gasteiger partial charge is 0.387 e. The average molecular weight is 347 g/mol. The van der Waals surface area contributed by atoms with Crippen LogP contribution in [0, 0.1) is 0 Å². The number of carbonyl (C=O) groups is 1. The first-order chi connectivity index (χ1) is 12.1. The van der Waals surface area contributed by atoms with E-state index in [1.807, 2.05) is 42.2 Å². The number of carbonyl (C=O) groups excluding carboxylic acids is 1. The summed E-state index contributed by atoms with van der Waals surface area (Å²) in [5.74, 6) is 0.202. The first-order valence-electron chi connectivity index (χ1n) is 9.19. The lowest BCUT2D eigenvalue weighted by atomic mass is 10.1. The summed E-state index contributed by atoms with van der Waals surface area (Å²) < 4.78 is 5.50. The standard InChI is InChI=1S/C19H29N3O3/c1-16-13-22(11-12-25-16)19(24)15-21-9-7-20(8-10-21)14-18(23)17-5-3-2-4-6-17/h2-6,16,18,23H,7-15H2,1H3/t16-,18+/m0/s1. The zero-order valence-corrected chi connectivity index (χ0v) is 15.0. The minimum Gasteiger partial charge on any atom is -0.387 e. The summed E-state index contributed by atoms with van der Waals surface area (Å²) in [5.41, 5.74) is 0.960. The monoisotopic (exact) mass is 347 g/mol. The molecule has 3 rings (SSSR count). The molecule has 6 nitrogen and oxygen atoms in total. The van der Waals surface area contributed by atoms with Crippen LogP contribution >= 0.6 is 0 Å². The Hall–Kier alpha value is -1.47. The summed E-state index contributed by atoms with van der Waals surface area (Å²) in [6, 6.07) is 9.79. The van der Waals surface area contributed by atoms with Crippen LogP contribution in [-0.4, -0.2) is 90.8 Å². The predicted octanol–water partition coefficient (Wildman–Crippen LogP) is 0.585. The maximum absolute atomic E-state index is 12.4. The average Bonchev–Trinajstić information content (AvgIpc) is 2.64. The molecule has 1 N–H and O–H groups in total. The van der Waals surface area contributed by atoms with Gasteiger partial charge in [0, 0.05) is 45.8 Å². The van der Waals surface area contributed by atoms with Crippen LogP contribution < -0.4 is 0 Å². The Labute approximate surface area is 150 Å². The first kappa shape index (κ1) is 18.3. The van der Waals surface area contributed by atoms with Crippen molar-refractivity contribution < 1.29 is 14.6 Å². The van der Waals surface area contributed by atoms with Gasteiger partial charge in [-0.15, -0.1) is 0 Å². The molecule has 2 fully saturated rings. The molecule has 0 saturated carbocycles. The summed E-state index contributed by atoms with van der Waals surface area (Å²) in [4.78, 5) is 18.8. The molecule has 1 aromatic rings. The highest BCUT2D eigenvalue weighted by Crippen LogP contribution is 2.15. The number of morpholine rings is 1. The molecule has 0 bridgehead atoms. The Morgan fingerprint density at radius 2 is 1.84 bits per heavy atom. The highest BCUT2D eigenvalue weighted by Gasteiger charge is 2.25. The summed E-state index contributed by atoms with van der Waals surface area (Å²) in [5, 5.41) is 10.4. The van der Waals surface area contributed by atoms with E-state index in [0.717, 1.165) is 31.7 Å². The Balaban J connectivity index is 1.40. The van der Waals surface area contributed by atoms with Crippen LogP contribution in [0.25, 0.3) is 0 Å². The Kier molecular flexibility index (Phi) is 6.42. The number of amides is 1. The van der Waals surface area contributed by atoms with E-state index < -0.39 is 6.10 Å². The molecule has 2 heterocycles. The molecule has 138 valence electrons. The molecule has 25 heavy (non-hydrogen) atoms. The van der Waals surface area contributed by atoms with Gasteiger partial charge in [0.2, 0.25) is 5.91 Å². The maximum Gasteiger partial charge on any atom is 0.236 e. The summed E-state index contributed by atoms with van der Waals surface area (Å²) >= 11 is 0. The van der Waals surface area contributed by atoms with E-state index in [9.17, 15) is 9.90 Å². The number of nitrogens with zero attached hydrogens (tertiary/aromatic N) is 3. The van der Waals surface area contributed by atoms with Gasteiger partial charge in [-0.25, -0.2) is 0 Å². The minimum absolute atomic E-state index is 0.133. The molecule has 0 unspecified atom stereocenters. The maximum atomic E-state index is 12.4. The number of aliphatic hydroxyl groups is 1. The molecule has 0 aliphatic carbocycles. The number of piperazine rings is 1. The molecule has 2 atom stereocenters. The van der Waals surface area contributed by atoms with Crippen molar-refractivity contribution >= 4 is 5.91 Å². The lowest BCUT2D eigenvalue weighted by Crippen LogP contribution is -2.52. The molecule has 2 saturated heterocycles. The zero-order chi connectivity index (χ0) is 17.6. The van der Waals surface area contributed by atoms with Gasteiger partial charge in [-0.05, 0) is 12.5 Å². The number of β-amino-alcohol motifs (C(OH)–C–C–N with tert-alkyl or cyclic N) is 1. The van der Waals surface area contributed by atoms with E-state index in [0.29, 0.717) is 32.8 Å². The third-order valence-electron chi connectivity index (χ3n) is 5.03. The first-order valence-corrected chi connectivity index (χ1v) is 9.19. The minimum atomic E-state index is -0.454. The van der Waals surface area contributed by atoms with Crippen molar-refractivity contribution in [3.8, 4) is 0 Å². The Bertz CT molecular complexity index is 546. The molecule has 1 amide bonds. The van der Waals surface area contributed by atoms with Crippen molar-refractivity contribution in [2.24, 2.45) is 0 Å². The van der Waals surface area contributed by atoms with Crippen LogP contribution in [0.5, 0.6) is 0 Å². The van der Waals surface area contributed by atoms with Gasteiger partial charge < -0.3 is 14.7 Å². The predicted molar refractivity (Wildman–Crippen MR) is 96.3 cm³/mol. The number of aliphatic hydroxyl groups excluding tert-OH is 1. The molecular formula is C19H29N3O3. The number of hydrogen-bond donors (Lipinski definition) is 1. The zero-order valence-electron chi connectivity index (χ0n) is 15.0. The second-order valence-corrected chi connectivity index (χ2v) is 7.02. The van der Waals surface area contributed by atoms with Gasteiger partial charge >= 0.3 is 0 Å². The van der Waals surface area contributed by atoms with E-state index in [1.165, 1.54) is 0 Å². The highest BCUT2D eigenvalue weighted by atomic mass is 16.5. The van der Waals surface area contributed by atoms with E-state index in [4.69, 9.17) is 4.74 Å². The van der Waals surface area contributed by atoms with E-state index >= 15 is 0 Å². The van der Waals surface area contributed by atoms with Crippen molar-refractivity contribution in [3.05, 3.63) is 35.9 Å². The molecule has 1 aromatic carbocycles. The van der Waals surface area contributed by atoms with Crippen LogP contribution in [0.1, 0.15) is 18.6 Å². The van der Waals surface area contributed by atoms with Crippen LogP contribution in [0.2, 0.25) is 0 Å². The molecule has 0 radical (unpaired) electrons. The number of ether oxygens (including phenoxy) is 1. The SMILES string of the molecule is C[C@H]1CN(C(=O)CN2CCN(C[C@@H](O)c3ccccc3)CC2)CCO1. The molecule has 0 spiro atoms. The van der Waals surface area contributed by atoms with E-state index in [1.54, 1.807) is 0 Å². The van der Waals surface area contributed by atoms with Gasteiger partial charge in [0.1, 0.15) is 0 Å². The van der Waals surface area contributed by atoms with Crippen molar-refractivity contribution in [2.45, 2.75) is 19.1 Å². The fraction of sp³-hybridized carbons (Fsp3) is 0.632. The van der Waals surface area contributed by atoms with Gasteiger partial charge in [0.25, 0.3) is 0 Å². The van der Waals surface area contributed by atoms with Crippen molar-refractivity contribution in [3.63, 3.8) is 0 Å². The Morgan fingerprint density at radius 3 is 2.52 bits per heavy atom. The summed E-state index contributed by atoms with van der Waals surface area (Å²) in [6.45, 7) is 8.69. The third kappa shape index (κ3) is 5.25. The van der Waals surface area contributed by atoms with Gasteiger partial charge in [-0.2, -0.15) is 0 Å². The van der Waals surface area contributed by atoms with E-state index in [-0.39, 0.29) is 12.0 Å². The second-order valence-electron chi connectivity index (χ2n) is 7.02. The number of hydrogen-bond acceptors (Lipinski definition) is 5. The molecule has 2 aliphatic heterocycles. The highest BCUT2D eigenvalue weighted by molar-refractivity contribution is 5.78. The number of benzene rings is 1. The fourth-order valence-electron chi connectivity index (χ4n) is 3.49. The van der Waals surface area contributed by atoms with Crippen LogP contribution in [0.4, 0.5) is 0 Å². The van der Waals surface area contributed by atoms with Gasteiger partial charge in [0.05, 0.1) is 25.4 Å². The lowest BCUT2D eigenvalue weighted by molar-refractivity contribution is -0.139. The normalized spacial score (nSPS) is 24.2. The van der Waals surface area contributed by atoms with Gasteiger partial charge in [0.15, 0.2) is 0 Å². The summed E-state index contributed by atoms with van der Waals surface area (Å²) in [6.07, 6.45) is -0.321. The molecule has 0 aromatic heterocycles. The quantitative estimate of drug-likeness (QED) is 0.845. The van der Waals surface area contributed by atoms with Gasteiger partial charge in [-0.1, -0.05) is 30.3 Å². The fourth-order valence-corrected chi connectivity index (χ4v) is 3.49. The van der Waals surface area contributed by atoms with Crippen LogP contribution in [0.3, 0.4) is 0 Å². The van der Waals surface area contributed by atoms with Crippen molar-refractivity contribution in [1.29, 1.82) is 0 Å². The van der Waals surface area contributed by atoms with Crippen molar-refractivity contribution in [2.75, 3.05) is 59.0 Å². The topological polar surface area (TPSA) is 56.3 Å². The Morgan fingerprint density at radius 1 is 1.16 bits per heavy atom. The second kappa shape index (κ2) is 8.76. The smallest absolute Gasteiger partial charge is 0.236 e. The molecule has 2 aliphatic rings. The lowest BCUT2D eigenvalue weighted by Gasteiger charge is -2.37. The van der Waals surface area contributed by atoms with Crippen LogP contribution in [-0.2, 0) is 9.53 Å². The third-order valence-corrected chi connectivity index (χ3v) is 5.03. The van der Waals surface area contributed by atoms with Crippen molar-refractivity contribution in [1.82, 2.24) is 14.7 Å². The van der Waals surface area contributed by atoms with Crippen LogP contribution in [0.15, 0.2) is 30.3 Å². The number of rotatable bonds is 5. The van der Waals surface area contributed by atoms with E-state index in [2.05, 4.69) is 9.80 Å². The molecular weight excluding hydrogens is 318 g/mol. The van der Waals surface area contributed by atoms with Gasteiger partial charge in [-0.3, -0.25) is 14.6 Å².